The van der Waals surface area contributed by atoms with E-state index in [1.165, 1.54) is 10.9 Å². The molecule has 2 aromatic rings. The first-order valence-corrected chi connectivity index (χ1v) is 5.11. The molecule has 0 fully saturated rings. The quantitative estimate of drug-likeness (QED) is 0.885. The number of nitrogens with zero attached hydrogens (tertiary/aromatic N) is 4. The lowest BCUT2D eigenvalue weighted by molar-refractivity contribution is 0.209. The second-order valence-electron chi connectivity index (χ2n) is 3.12. The molecule has 0 radical (unpaired) electrons. The summed E-state index contributed by atoms with van der Waals surface area (Å²) in [7, 11) is 1.73. The summed E-state index contributed by atoms with van der Waals surface area (Å²) in [5.74, 6) is 0. The van der Waals surface area contributed by atoms with Crippen LogP contribution in [0.5, 0.6) is 0 Å². The summed E-state index contributed by atoms with van der Waals surface area (Å²) in [6.45, 7) is 0. The fourth-order valence-electron chi connectivity index (χ4n) is 1.29. The van der Waals surface area contributed by atoms with Crippen LogP contribution in [0.1, 0.15) is 17.4 Å². The summed E-state index contributed by atoms with van der Waals surface area (Å²) in [6.07, 6.45) is 4.06. The Kier molecular flexibility index (Phi) is 2.79. The maximum Gasteiger partial charge on any atom is 0.124 e. The first kappa shape index (κ1) is 10.3. The van der Waals surface area contributed by atoms with Crippen molar-refractivity contribution < 1.29 is 5.11 Å². The third-order valence-corrected chi connectivity index (χ3v) is 2.51. The first-order chi connectivity index (χ1) is 7.18. The van der Waals surface area contributed by atoms with E-state index >= 15 is 0 Å². The molecule has 2 aromatic heterocycles. The zero-order valence-electron chi connectivity index (χ0n) is 8.00. The second-order valence-corrected chi connectivity index (χ2v) is 4.04. The first-order valence-electron chi connectivity index (χ1n) is 4.31. The summed E-state index contributed by atoms with van der Waals surface area (Å²) in [5.41, 5.74) is 1.34. The average molecular weight is 269 g/mol. The van der Waals surface area contributed by atoms with Crippen molar-refractivity contribution in [3.63, 3.8) is 0 Å². The zero-order valence-corrected chi connectivity index (χ0v) is 9.59. The molecule has 78 valence electrons. The molecule has 2 heterocycles. The summed E-state index contributed by atoms with van der Waals surface area (Å²) < 4.78 is 2.36. The lowest BCUT2D eigenvalue weighted by Crippen LogP contribution is -2.06. The van der Waals surface area contributed by atoms with Crippen LogP contribution in [0.4, 0.5) is 0 Å². The van der Waals surface area contributed by atoms with E-state index in [1.54, 1.807) is 19.4 Å². The van der Waals surface area contributed by atoms with Crippen LogP contribution in [0.15, 0.2) is 29.1 Å². The molecular weight excluding hydrogens is 260 g/mol. The standard InChI is InChI=1S/C9H9BrN4O/c1-14-8(5-12-13-14)9(15)6-2-7(10)4-11-3-6/h2-5,9,15H,1H3. The van der Waals surface area contributed by atoms with Crippen molar-refractivity contribution >= 4 is 15.9 Å². The fraction of sp³-hybridized carbons (Fsp3) is 0.222. The van der Waals surface area contributed by atoms with Gasteiger partial charge in [0.25, 0.3) is 0 Å². The van der Waals surface area contributed by atoms with E-state index in [1.807, 2.05) is 6.07 Å². The number of hydrogen-bond donors (Lipinski definition) is 1. The van der Waals surface area contributed by atoms with Crippen LogP contribution in [-0.2, 0) is 7.05 Å². The predicted octanol–water partition coefficient (Wildman–Crippen LogP) is 1.05. The molecule has 1 N–H and O–H groups in total. The van der Waals surface area contributed by atoms with Crippen LogP contribution in [-0.4, -0.2) is 25.1 Å². The van der Waals surface area contributed by atoms with Crippen LogP contribution in [0.25, 0.3) is 0 Å². The summed E-state index contributed by atoms with van der Waals surface area (Å²) in [4.78, 5) is 3.99. The largest absolute Gasteiger partial charge is 0.382 e. The molecule has 6 heteroatoms. The molecule has 0 aliphatic carbocycles. The molecule has 0 spiro atoms. The van der Waals surface area contributed by atoms with E-state index in [0.717, 1.165) is 4.47 Å². The molecule has 0 saturated heterocycles. The number of aliphatic hydroxyl groups excluding tert-OH is 1. The van der Waals surface area contributed by atoms with Gasteiger partial charge in [0.1, 0.15) is 6.10 Å². The Bertz CT molecular complexity index is 471. The Balaban J connectivity index is 2.36. The van der Waals surface area contributed by atoms with Gasteiger partial charge in [0.05, 0.1) is 11.9 Å². The summed E-state index contributed by atoms with van der Waals surface area (Å²) in [6, 6.07) is 1.81. The molecule has 0 aliphatic rings. The molecule has 5 nitrogen and oxygen atoms in total. The van der Waals surface area contributed by atoms with E-state index in [-0.39, 0.29) is 0 Å². The number of pyridine rings is 1. The second kappa shape index (κ2) is 4.08. The van der Waals surface area contributed by atoms with Gasteiger partial charge in [0, 0.05) is 29.5 Å². The van der Waals surface area contributed by atoms with Gasteiger partial charge >= 0.3 is 0 Å². The van der Waals surface area contributed by atoms with Crippen LogP contribution < -0.4 is 0 Å². The minimum absolute atomic E-state index is 0.634. The number of aromatic nitrogens is 4. The maximum absolute atomic E-state index is 10.0. The molecular formula is C9H9BrN4O. The molecule has 2 rings (SSSR count). The van der Waals surface area contributed by atoms with E-state index in [9.17, 15) is 5.11 Å². The average Bonchev–Trinajstić information content (AvgIpc) is 2.63. The topological polar surface area (TPSA) is 63.8 Å². The zero-order chi connectivity index (χ0) is 10.8. The highest BCUT2D eigenvalue weighted by Crippen LogP contribution is 2.21. The highest BCUT2D eigenvalue weighted by molar-refractivity contribution is 9.10. The Labute approximate surface area is 94.9 Å². The summed E-state index contributed by atoms with van der Waals surface area (Å²) in [5, 5.41) is 17.5. The van der Waals surface area contributed by atoms with Gasteiger partial charge in [-0.25, -0.2) is 4.68 Å². The highest BCUT2D eigenvalue weighted by Gasteiger charge is 2.15. The third kappa shape index (κ3) is 2.05. The Morgan fingerprint density at radius 1 is 1.40 bits per heavy atom. The SMILES string of the molecule is Cn1nncc1C(O)c1cncc(Br)c1. The highest BCUT2D eigenvalue weighted by atomic mass is 79.9. The molecule has 1 atom stereocenters. The Morgan fingerprint density at radius 2 is 2.20 bits per heavy atom. The number of aryl methyl sites for hydroxylation is 1. The summed E-state index contributed by atoms with van der Waals surface area (Å²) >= 11 is 3.30. The Hall–Kier alpha value is -1.27. The van der Waals surface area contributed by atoms with E-state index in [2.05, 4.69) is 31.2 Å². The third-order valence-electron chi connectivity index (χ3n) is 2.07. The van der Waals surface area contributed by atoms with E-state index < -0.39 is 6.10 Å². The van der Waals surface area contributed by atoms with Crippen LogP contribution >= 0.6 is 15.9 Å². The van der Waals surface area contributed by atoms with Crippen LogP contribution in [0.3, 0.4) is 0 Å². The minimum atomic E-state index is -0.755. The molecule has 0 amide bonds. The lowest BCUT2D eigenvalue weighted by Gasteiger charge is -2.09. The van der Waals surface area contributed by atoms with Crippen molar-refractivity contribution in [1.82, 2.24) is 20.0 Å². The smallest absolute Gasteiger partial charge is 0.124 e. The Morgan fingerprint density at radius 3 is 2.80 bits per heavy atom. The van der Waals surface area contributed by atoms with Crippen molar-refractivity contribution in [3.8, 4) is 0 Å². The van der Waals surface area contributed by atoms with Gasteiger partial charge in [0.2, 0.25) is 0 Å². The van der Waals surface area contributed by atoms with E-state index in [4.69, 9.17) is 0 Å². The molecule has 15 heavy (non-hydrogen) atoms. The van der Waals surface area contributed by atoms with Crippen molar-refractivity contribution in [1.29, 1.82) is 0 Å². The van der Waals surface area contributed by atoms with Crippen LogP contribution in [0, 0.1) is 0 Å². The van der Waals surface area contributed by atoms with Gasteiger partial charge in [-0.05, 0) is 22.0 Å². The van der Waals surface area contributed by atoms with E-state index in [0.29, 0.717) is 11.3 Å². The monoisotopic (exact) mass is 268 g/mol. The van der Waals surface area contributed by atoms with Crippen molar-refractivity contribution in [2.24, 2.45) is 7.05 Å². The number of rotatable bonds is 2. The van der Waals surface area contributed by atoms with Crippen molar-refractivity contribution in [3.05, 3.63) is 40.4 Å². The molecule has 1 unspecified atom stereocenters. The number of aliphatic hydroxyl groups is 1. The predicted molar refractivity (Wildman–Crippen MR) is 57.0 cm³/mol. The molecule has 0 aliphatic heterocycles. The van der Waals surface area contributed by atoms with Crippen molar-refractivity contribution in [2.45, 2.75) is 6.10 Å². The number of halogens is 1. The maximum atomic E-state index is 10.0. The molecule has 0 saturated carbocycles. The van der Waals surface area contributed by atoms with Crippen LogP contribution in [0.2, 0.25) is 0 Å². The van der Waals surface area contributed by atoms with Gasteiger partial charge in [-0.1, -0.05) is 5.21 Å². The van der Waals surface area contributed by atoms with Gasteiger partial charge in [-0.15, -0.1) is 5.10 Å². The number of hydrogen-bond acceptors (Lipinski definition) is 4. The molecule has 0 aromatic carbocycles. The van der Waals surface area contributed by atoms with Crippen molar-refractivity contribution in [2.75, 3.05) is 0 Å². The van der Waals surface area contributed by atoms with Gasteiger partial charge in [-0.3, -0.25) is 4.98 Å². The molecule has 0 bridgehead atoms. The van der Waals surface area contributed by atoms with Gasteiger partial charge in [0.15, 0.2) is 0 Å². The lowest BCUT2D eigenvalue weighted by atomic mass is 10.1. The van der Waals surface area contributed by atoms with Gasteiger partial charge in [-0.2, -0.15) is 0 Å². The fourth-order valence-corrected chi connectivity index (χ4v) is 1.68. The normalized spacial score (nSPS) is 12.7. The minimum Gasteiger partial charge on any atom is -0.382 e. The van der Waals surface area contributed by atoms with Gasteiger partial charge < -0.3 is 5.11 Å².